The summed E-state index contributed by atoms with van der Waals surface area (Å²) in [5, 5.41) is 2.90. The summed E-state index contributed by atoms with van der Waals surface area (Å²) in [4.78, 5) is 13.5. The van der Waals surface area contributed by atoms with Crippen LogP contribution < -0.4 is 19.7 Å². The van der Waals surface area contributed by atoms with Crippen molar-refractivity contribution in [2.24, 2.45) is 0 Å². The Morgan fingerprint density at radius 3 is 2.47 bits per heavy atom. The van der Waals surface area contributed by atoms with Gasteiger partial charge in [-0.1, -0.05) is 12.1 Å². The van der Waals surface area contributed by atoms with E-state index in [9.17, 15) is 4.79 Å². The fourth-order valence-electron chi connectivity index (χ4n) is 3.62. The molecule has 6 nitrogen and oxygen atoms in total. The first-order chi connectivity index (χ1) is 14.5. The number of nitrogens with zero attached hydrogens (tertiary/aromatic N) is 1. The first-order valence-corrected chi connectivity index (χ1v) is 10.6. The Labute approximate surface area is 179 Å². The van der Waals surface area contributed by atoms with Gasteiger partial charge in [0.05, 0.1) is 19.2 Å². The van der Waals surface area contributed by atoms with Gasteiger partial charge in [0.1, 0.15) is 17.6 Å². The fraction of sp³-hybridized carbons (Fsp3) is 0.458. The molecule has 1 aliphatic heterocycles. The van der Waals surface area contributed by atoms with Crippen LogP contribution in [0.5, 0.6) is 11.5 Å². The van der Waals surface area contributed by atoms with Crippen molar-refractivity contribution in [1.29, 1.82) is 0 Å². The number of rotatable bonds is 10. The van der Waals surface area contributed by atoms with Crippen molar-refractivity contribution in [3.63, 3.8) is 0 Å². The summed E-state index contributed by atoms with van der Waals surface area (Å²) in [6.07, 6.45) is 2.03. The van der Waals surface area contributed by atoms with Crippen molar-refractivity contribution in [3.8, 4) is 11.5 Å². The number of hydrogen-bond donors (Lipinski definition) is 1. The minimum absolute atomic E-state index is 0.00884. The van der Waals surface area contributed by atoms with Crippen LogP contribution in [0.15, 0.2) is 48.5 Å². The second-order valence-corrected chi connectivity index (χ2v) is 7.65. The Morgan fingerprint density at radius 1 is 1.10 bits per heavy atom. The second kappa shape index (κ2) is 10.9. The zero-order chi connectivity index (χ0) is 21.3. The molecule has 1 aliphatic rings. The molecule has 3 rings (SSSR count). The van der Waals surface area contributed by atoms with Crippen LogP contribution in [-0.2, 0) is 9.53 Å². The average Bonchev–Trinajstić information content (AvgIpc) is 3.20. The predicted octanol–water partition coefficient (Wildman–Crippen LogP) is 3.96. The summed E-state index contributed by atoms with van der Waals surface area (Å²) in [7, 11) is 1.70. The molecule has 0 aromatic heterocycles. The van der Waals surface area contributed by atoms with E-state index in [1.165, 1.54) is 12.6 Å². The third-order valence-corrected chi connectivity index (χ3v) is 5.21. The minimum atomic E-state index is -0.0282. The van der Waals surface area contributed by atoms with Gasteiger partial charge < -0.3 is 24.4 Å². The van der Waals surface area contributed by atoms with Crippen molar-refractivity contribution in [2.75, 3.05) is 38.3 Å². The summed E-state index contributed by atoms with van der Waals surface area (Å²) in [6, 6.07) is 16.2. The van der Waals surface area contributed by atoms with Crippen molar-refractivity contribution < 1.29 is 19.0 Å². The van der Waals surface area contributed by atoms with Crippen LogP contribution in [0, 0.1) is 0 Å². The van der Waals surface area contributed by atoms with Gasteiger partial charge in [-0.3, -0.25) is 4.79 Å². The van der Waals surface area contributed by atoms with Gasteiger partial charge in [0.15, 0.2) is 0 Å². The molecule has 0 unspecified atom stereocenters. The second-order valence-electron chi connectivity index (χ2n) is 7.65. The van der Waals surface area contributed by atoms with Gasteiger partial charge in [-0.25, -0.2) is 0 Å². The number of ether oxygens (including phenoxy) is 3. The molecule has 0 saturated carbocycles. The first kappa shape index (κ1) is 22.0. The molecule has 162 valence electrons. The van der Waals surface area contributed by atoms with E-state index in [0.717, 1.165) is 43.0 Å². The quantitative estimate of drug-likeness (QED) is 0.599. The molecule has 30 heavy (non-hydrogen) atoms. The lowest BCUT2D eigenvalue weighted by Gasteiger charge is -2.20. The van der Waals surface area contributed by atoms with Gasteiger partial charge in [-0.15, -0.1) is 0 Å². The van der Waals surface area contributed by atoms with Gasteiger partial charge in [-0.2, -0.15) is 0 Å². The third kappa shape index (κ3) is 6.39. The van der Waals surface area contributed by atoms with E-state index in [0.29, 0.717) is 13.2 Å². The highest BCUT2D eigenvalue weighted by Crippen LogP contribution is 2.26. The smallest absolute Gasteiger partial charge is 0.217 e. The lowest BCUT2D eigenvalue weighted by atomic mass is 10.1. The molecule has 1 saturated heterocycles. The Balaban J connectivity index is 1.47. The molecule has 0 spiro atoms. The number of nitrogens with one attached hydrogen (secondary N) is 1. The average molecular weight is 413 g/mol. The fourth-order valence-corrected chi connectivity index (χ4v) is 3.62. The molecule has 1 amide bonds. The van der Waals surface area contributed by atoms with Crippen LogP contribution in [-0.4, -0.2) is 45.4 Å². The molecule has 1 heterocycles. The van der Waals surface area contributed by atoms with Gasteiger partial charge in [0.25, 0.3) is 0 Å². The van der Waals surface area contributed by atoms with Crippen molar-refractivity contribution in [2.45, 2.75) is 38.8 Å². The molecule has 0 aliphatic carbocycles. The number of amides is 1. The minimum Gasteiger partial charge on any atom is -0.494 e. The first-order valence-electron chi connectivity index (χ1n) is 10.6. The molecule has 2 atom stereocenters. The number of carbonyl (C=O) groups is 1. The van der Waals surface area contributed by atoms with E-state index in [2.05, 4.69) is 22.3 Å². The van der Waals surface area contributed by atoms with Gasteiger partial charge in [0.2, 0.25) is 5.91 Å². The summed E-state index contributed by atoms with van der Waals surface area (Å²) < 4.78 is 16.9. The SMILES string of the molecule is COCCCOc1ccc(N2CC[C@@H](Oc3ccc([C@H](C)NC(C)=O)cc3)C2)cc1. The Kier molecular flexibility index (Phi) is 7.97. The number of methoxy groups -OCH3 is 1. The van der Waals surface area contributed by atoms with Crippen LogP contribution in [0.25, 0.3) is 0 Å². The highest BCUT2D eigenvalue weighted by atomic mass is 16.5. The summed E-state index contributed by atoms with van der Waals surface area (Å²) in [6.45, 7) is 6.71. The lowest BCUT2D eigenvalue weighted by Crippen LogP contribution is -2.24. The topological polar surface area (TPSA) is 60.0 Å². The molecule has 6 heteroatoms. The molecule has 1 N–H and O–H groups in total. The van der Waals surface area contributed by atoms with E-state index in [1.54, 1.807) is 7.11 Å². The molecule has 0 bridgehead atoms. The lowest BCUT2D eigenvalue weighted by molar-refractivity contribution is -0.119. The Morgan fingerprint density at radius 2 is 1.80 bits per heavy atom. The van der Waals surface area contributed by atoms with E-state index < -0.39 is 0 Å². The summed E-state index contributed by atoms with van der Waals surface area (Å²) >= 11 is 0. The maximum Gasteiger partial charge on any atom is 0.217 e. The molecular weight excluding hydrogens is 380 g/mol. The third-order valence-electron chi connectivity index (χ3n) is 5.21. The highest BCUT2D eigenvalue weighted by molar-refractivity contribution is 5.73. The Bertz CT molecular complexity index is 792. The largest absolute Gasteiger partial charge is 0.494 e. The number of anilines is 1. The maximum absolute atomic E-state index is 11.2. The van der Waals surface area contributed by atoms with E-state index in [-0.39, 0.29) is 18.1 Å². The van der Waals surface area contributed by atoms with Crippen molar-refractivity contribution in [1.82, 2.24) is 5.32 Å². The summed E-state index contributed by atoms with van der Waals surface area (Å²) in [5.41, 5.74) is 2.25. The van der Waals surface area contributed by atoms with E-state index >= 15 is 0 Å². The van der Waals surface area contributed by atoms with Crippen LogP contribution >= 0.6 is 0 Å². The van der Waals surface area contributed by atoms with Crippen molar-refractivity contribution in [3.05, 3.63) is 54.1 Å². The Hall–Kier alpha value is -2.73. The molecule has 2 aromatic carbocycles. The van der Waals surface area contributed by atoms with Crippen molar-refractivity contribution >= 4 is 11.6 Å². The number of hydrogen-bond acceptors (Lipinski definition) is 5. The van der Waals surface area contributed by atoms with Gasteiger partial charge >= 0.3 is 0 Å². The standard InChI is InChI=1S/C24H32N2O4/c1-18(25-19(2)27)20-5-9-23(10-6-20)30-24-13-14-26(17-24)21-7-11-22(12-8-21)29-16-4-15-28-3/h5-12,18,24H,4,13-17H2,1-3H3,(H,25,27)/t18-,24+/m0/s1. The maximum atomic E-state index is 11.2. The van der Waals surface area contributed by atoms with Crippen LogP contribution in [0.3, 0.4) is 0 Å². The van der Waals surface area contributed by atoms with Crippen LogP contribution in [0.2, 0.25) is 0 Å². The van der Waals surface area contributed by atoms with Crippen LogP contribution in [0.4, 0.5) is 5.69 Å². The molecule has 2 aromatic rings. The summed E-state index contributed by atoms with van der Waals surface area (Å²) in [5.74, 6) is 1.72. The molecule has 0 radical (unpaired) electrons. The molecular formula is C24H32N2O4. The van der Waals surface area contributed by atoms with E-state index in [4.69, 9.17) is 14.2 Å². The normalized spacial score (nSPS) is 16.9. The van der Waals surface area contributed by atoms with E-state index in [1.807, 2.05) is 43.3 Å². The predicted molar refractivity (Wildman–Crippen MR) is 118 cm³/mol. The monoisotopic (exact) mass is 412 g/mol. The van der Waals surface area contributed by atoms with Crippen LogP contribution in [0.1, 0.15) is 38.3 Å². The van der Waals surface area contributed by atoms with Gasteiger partial charge in [-0.05, 0) is 48.9 Å². The zero-order valence-electron chi connectivity index (χ0n) is 18.1. The highest BCUT2D eigenvalue weighted by Gasteiger charge is 2.24. The zero-order valence-corrected chi connectivity index (χ0v) is 18.1. The number of benzene rings is 2. The molecule has 1 fully saturated rings. The van der Waals surface area contributed by atoms with Gasteiger partial charge in [0, 0.05) is 45.7 Å². The number of carbonyl (C=O) groups excluding carboxylic acids is 1.